The number of ether oxygens (including phenoxy) is 2. The average Bonchev–Trinajstić information content (AvgIpc) is 2.65. The van der Waals surface area contributed by atoms with Gasteiger partial charge < -0.3 is 14.6 Å². The number of hydrogen-bond donors (Lipinski definition) is 1. The molecule has 4 heteroatoms. The Kier molecular flexibility index (Phi) is 2.76. The third-order valence-electron chi connectivity index (χ3n) is 2.27. The summed E-state index contributed by atoms with van der Waals surface area (Å²) in [5.74, 6) is 0.743. The van der Waals surface area contributed by atoms with Crippen molar-refractivity contribution in [3.63, 3.8) is 0 Å². The molecule has 80 valence electrons. The van der Waals surface area contributed by atoms with E-state index < -0.39 is 5.97 Å². The minimum atomic E-state index is -0.848. The van der Waals surface area contributed by atoms with Crippen LogP contribution in [0.3, 0.4) is 0 Å². The Labute approximate surface area is 87.4 Å². The van der Waals surface area contributed by atoms with Gasteiger partial charge in [-0.25, -0.2) is 0 Å². The van der Waals surface area contributed by atoms with Crippen LogP contribution in [0, 0.1) is 0 Å². The van der Waals surface area contributed by atoms with Crippen LogP contribution in [0.5, 0.6) is 11.5 Å². The highest BCUT2D eigenvalue weighted by Gasteiger charge is 2.16. The van der Waals surface area contributed by atoms with Crippen molar-refractivity contribution in [2.75, 3.05) is 13.2 Å². The fourth-order valence-electron chi connectivity index (χ4n) is 1.57. The number of carbonyl (C=O) groups is 1. The summed E-state index contributed by atoms with van der Waals surface area (Å²) in [4.78, 5) is 10.3. The van der Waals surface area contributed by atoms with Crippen molar-refractivity contribution >= 4 is 5.97 Å². The standard InChI is InChI=1S/C11H12O4/c12-11(13)5-7-15-10-3-1-2-9-8(10)4-6-14-9/h1-3H,4-7H2,(H,12,13). The molecule has 4 nitrogen and oxygen atoms in total. The highest BCUT2D eigenvalue weighted by molar-refractivity contribution is 5.66. The fraction of sp³-hybridized carbons (Fsp3) is 0.364. The van der Waals surface area contributed by atoms with Gasteiger partial charge in [-0.2, -0.15) is 0 Å². The van der Waals surface area contributed by atoms with Crippen LogP contribution in [0.4, 0.5) is 0 Å². The Balaban J connectivity index is 2.02. The summed E-state index contributed by atoms with van der Waals surface area (Å²) in [6, 6.07) is 5.59. The van der Waals surface area contributed by atoms with Crippen molar-refractivity contribution in [1.82, 2.24) is 0 Å². The van der Waals surface area contributed by atoms with Crippen LogP contribution in [0.15, 0.2) is 18.2 Å². The molecule has 1 N–H and O–H groups in total. The van der Waals surface area contributed by atoms with Gasteiger partial charge in [-0.1, -0.05) is 6.07 Å². The van der Waals surface area contributed by atoms with E-state index in [1.807, 2.05) is 18.2 Å². The van der Waals surface area contributed by atoms with Crippen molar-refractivity contribution in [3.8, 4) is 11.5 Å². The van der Waals surface area contributed by atoms with E-state index in [9.17, 15) is 4.79 Å². The van der Waals surface area contributed by atoms with Crippen molar-refractivity contribution in [2.24, 2.45) is 0 Å². The average molecular weight is 208 g/mol. The highest BCUT2D eigenvalue weighted by atomic mass is 16.5. The molecule has 0 bridgehead atoms. The predicted molar refractivity (Wildman–Crippen MR) is 53.4 cm³/mol. The second-order valence-corrected chi connectivity index (χ2v) is 3.32. The third kappa shape index (κ3) is 2.21. The molecule has 0 fully saturated rings. The van der Waals surface area contributed by atoms with E-state index in [2.05, 4.69) is 0 Å². The number of carboxylic acid groups (broad SMARTS) is 1. The van der Waals surface area contributed by atoms with Crippen LogP contribution in [-0.2, 0) is 11.2 Å². The van der Waals surface area contributed by atoms with Crippen molar-refractivity contribution < 1.29 is 19.4 Å². The molecule has 0 aliphatic carbocycles. The monoisotopic (exact) mass is 208 g/mol. The molecule has 0 unspecified atom stereocenters. The third-order valence-corrected chi connectivity index (χ3v) is 2.27. The minimum absolute atomic E-state index is 0.0184. The zero-order chi connectivity index (χ0) is 10.7. The lowest BCUT2D eigenvalue weighted by atomic mass is 10.1. The van der Waals surface area contributed by atoms with Crippen LogP contribution in [-0.4, -0.2) is 24.3 Å². The Morgan fingerprint density at radius 1 is 1.53 bits per heavy atom. The van der Waals surface area contributed by atoms with Gasteiger partial charge in [-0.15, -0.1) is 0 Å². The van der Waals surface area contributed by atoms with E-state index in [1.54, 1.807) is 0 Å². The maximum atomic E-state index is 10.3. The molecule has 0 atom stereocenters. The number of fused-ring (bicyclic) bond motifs is 1. The molecule has 0 amide bonds. The Hall–Kier alpha value is -1.71. The number of rotatable bonds is 4. The van der Waals surface area contributed by atoms with Crippen molar-refractivity contribution in [2.45, 2.75) is 12.8 Å². The molecule has 1 aliphatic heterocycles. The molecule has 0 aromatic heterocycles. The van der Waals surface area contributed by atoms with Crippen molar-refractivity contribution in [3.05, 3.63) is 23.8 Å². The molecular formula is C11H12O4. The second kappa shape index (κ2) is 4.21. The van der Waals surface area contributed by atoms with E-state index in [0.717, 1.165) is 23.5 Å². The molecule has 1 aromatic carbocycles. The molecule has 15 heavy (non-hydrogen) atoms. The minimum Gasteiger partial charge on any atom is -0.493 e. The second-order valence-electron chi connectivity index (χ2n) is 3.32. The summed E-state index contributed by atoms with van der Waals surface area (Å²) >= 11 is 0. The fourth-order valence-corrected chi connectivity index (χ4v) is 1.57. The van der Waals surface area contributed by atoms with Gasteiger partial charge in [0, 0.05) is 12.0 Å². The van der Waals surface area contributed by atoms with Crippen molar-refractivity contribution in [1.29, 1.82) is 0 Å². The molecule has 1 aliphatic rings. The maximum absolute atomic E-state index is 10.3. The summed E-state index contributed by atoms with van der Waals surface area (Å²) in [6.45, 7) is 0.875. The first-order valence-electron chi connectivity index (χ1n) is 4.86. The maximum Gasteiger partial charge on any atom is 0.306 e. The van der Waals surface area contributed by atoms with Crippen LogP contribution >= 0.6 is 0 Å². The van der Waals surface area contributed by atoms with E-state index >= 15 is 0 Å². The summed E-state index contributed by atoms with van der Waals surface area (Å²) in [5, 5.41) is 8.48. The summed E-state index contributed by atoms with van der Waals surface area (Å²) in [6.07, 6.45) is 0.850. The number of benzene rings is 1. The van der Waals surface area contributed by atoms with Gasteiger partial charge in [0.1, 0.15) is 11.5 Å². The van der Waals surface area contributed by atoms with Gasteiger partial charge >= 0.3 is 5.97 Å². The normalized spacial score (nSPS) is 13.1. The summed E-state index contributed by atoms with van der Waals surface area (Å²) in [7, 11) is 0. The van der Waals surface area contributed by atoms with Crippen LogP contribution in [0.25, 0.3) is 0 Å². The summed E-state index contributed by atoms with van der Waals surface area (Å²) < 4.78 is 10.8. The highest BCUT2D eigenvalue weighted by Crippen LogP contribution is 2.32. The number of aliphatic carboxylic acids is 1. The van der Waals surface area contributed by atoms with Gasteiger partial charge in [0.15, 0.2) is 0 Å². The zero-order valence-electron chi connectivity index (χ0n) is 8.23. The van der Waals surface area contributed by atoms with E-state index in [-0.39, 0.29) is 13.0 Å². The zero-order valence-corrected chi connectivity index (χ0v) is 8.23. The quantitative estimate of drug-likeness (QED) is 0.814. The molecule has 1 heterocycles. The smallest absolute Gasteiger partial charge is 0.306 e. The van der Waals surface area contributed by atoms with Crippen LogP contribution in [0.1, 0.15) is 12.0 Å². The molecule has 1 aromatic rings. The van der Waals surface area contributed by atoms with Gasteiger partial charge in [0.2, 0.25) is 0 Å². The Morgan fingerprint density at radius 3 is 3.20 bits per heavy atom. The predicted octanol–water partition coefficient (Wildman–Crippen LogP) is 1.47. The molecule has 0 radical (unpaired) electrons. The Bertz CT molecular complexity index is 373. The molecule has 0 saturated carbocycles. The van der Waals surface area contributed by atoms with Gasteiger partial charge in [0.05, 0.1) is 19.6 Å². The van der Waals surface area contributed by atoms with E-state index in [4.69, 9.17) is 14.6 Å². The molecule has 0 saturated heterocycles. The first-order valence-corrected chi connectivity index (χ1v) is 4.86. The lowest BCUT2D eigenvalue weighted by Gasteiger charge is -2.08. The lowest BCUT2D eigenvalue weighted by molar-refractivity contribution is -0.137. The Morgan fingerprint density at radius 2 is 2.40 bits per heavy atom. The van der Waals surface area contributed by atoms with Crippen LogP contribution in [0.2, 0.25) is 0 Å². The first kappa shape index (κ1) is 9.83. The lowest BCUT2D eigenvalue weighted by Crippen LogP contribution is -2.05. The molecular weight excluding hydrogens is 196 g/mol. The van der Waals surface area contributed by atoms with Gasteiger partial charge in [0.25, 0.3) is 0 Å². The first-order chi connectivity index (χ1) is 7.27. The number of hydrogen-bond acceptors (Lipinski definition) is 3. The largest absolute Gasteiger partial charge is 0.493 e. The number of carboxylic acids is 1. The molecule has 0 spiro atoms. The van der Waals surface area contributed by atoms with Crippen LogP contribution < -0.4 is 9.47 Å². The summed E-state index contributed by atoms with van der Waals surface area (Å²) in [5.41, 5.74) is 1.04. The van der Waals surface area contributed by atoms with Gasteiger partial charge in [-0.3, -0.25) is 4.79 Å². The van der Waals surface area contributed by atoms with Gasteiger partial charge in [-0.05, 0) is 12.1 Å². The van der Waals surface area contributed by atoms with E-state index in [0.29, 0.717) is 6.61 Å². The molecule has 2 rings (SSSR count). The topological polar surface area (TPSA) is 55.8 Å². The SMILES string of the molecule is O=C(O)CCOc1cccc2c1CCO2. The van der Waals surface area contributed by atoms with E-state index in [1.165, 1.54) is 0 Å².